The van der Waals surface area contributed by atoms with Gasteiger partial charge in [0.25, 0.3) is 0 Å². The molecule has 0 amide bonds. The van der Waals surface area contributed by atoms with E-state index < -0.39 is 22.3 Å². The second-order valence-corrected chi connectivity index (χ2v) is 15.7. The van der Waals surface area contributed by atoms with Crippen molar-refractivity contribution >= 4 is 22.3 Å². The van der Waals surface area contributed by atoms with Gasteiger partial charge in [-0.15, -0.1) is 12.3 Å². The number of ether oxygens (including phenoxy) is 2. The van der Waals surface area contributed by atoms with E-state index in [1.807, 2.05) is 0 Å². The number of hydrogen-bond donors (Lipinski definition) is 0. The molecule has 0 saturated carbocycles. The summed E-state index contributed by atoms with van der Waals surface area (Å²) in [6.07, 6.45) is -0.0436. The zero-order valence-corrected chi connectivity index (χ0v) is 12.4. The predicted molar refractivity (Wildman–Crippen MR) is 68.3 cm³/mol. The van der Waals surface area contributed by atoms with Crippen molar-refractivity contribution in [1.29, 1.82) is 0 Å². The molecule has 0 unspecified atom stereocenters. The Hall–Kier alpha value is -0.556. The first kappa shape index (κ1) is 14.4. The maximum atomic E-state index is 10.9. The van der Waals surface area contributed by atoms with Crippen molar-refractivity contribution in [2.75, 3.05) is 13.3 Å². The molecule has 0 aromatic carbocycles. The lowest BCUT2D eigenvalue weighted by Gasteiger charge is -2.29. The molecule has 0 spiro atoms. The summed E-state index contributed by atoms with van der Waals surface area (Å²) < 4.78 is 9.49. The zero-order valence-electron chi connectivity index (χ0n) is 10.4. The summed E-state index contributed by atoms with van der Waals surface area (Å²) in [5.74, 6) is 0. The molecule has 0 saturated heterocycles. The molecule has 0 aliphatic heterocycles. The van der Waals surface area contributed by atoms with Gasteiger partial charge >= 0.3 is 6.16 Å². The van der Waals surface area contributed by atoms with Crippen molar-refractivity contribution in [2.24, 2.45) is 0 Å². The third-order valence-corrected chi connectivity index (χ3v) is 11.7. The Balaban J connectivity index is 4.18. The highest BCUT2D eigenvalue weighted by Crippen LogP contribution is 2.20. The summed E-state index contributed by atoms with van der Waals surface area (Å²) in [4.78, 5) is 10.9. The van der Waals surface area contributed by atoms with Gasteiger partial charge in [0, 0.05) is 0 Å². The lowest BCUT2D eigenvalue weighted by Crippen LogP contribution is -2.42. The first-order valence-corrected chi connectivity index (χ1v) is 11.8. The van der Waals surface area contributed by atoms with Gasteiger partial charge in [0.05, 0.1) is 29.5 Å². The van der Waals surface area contributed by atoms with Gasteiger partial charge in [0.1, 0.15) is 0 Å². The molecule has 0 aromatic heterocycles. The average molecular weight is 246 g/mol. The van der Waals surface area contributed by atoms with Crippen LogP contribution in [0.4, 0.5) is 4.79 Å². The SMILES string of the molecule is C=C[Si](C)(C)C[Si](C)(C)COC(=O)OC. The van der Waals surface area contributed by atoms with Gasteiger partial charge in [-0.05, 0) is 0 Å². The van der Waals surface area contributed by atoms with Crippen LogP contribution >= 0.6 is 0 Å². The summed E-state index contributed by atoms with van der Waals surface area (Å²) in [6, 6.07) is 0. The van der Waals surface area contributed by atoms with E-state index in [9.17, 15) is 4.79 Å². The fraction of sp³-hybridized carbons (Fsp3) is 0.700. The number of rotatable bonds is 5. The van der Waals surface area contributed by atoms with E-state index in [1.54, 1.807) is 0 Å². The van der Waals surface area contributed by atoms with E-state index in [0.717, 1.165) is 0 Å². The monoisotopic (exact) mass is 246 g/mol. The summed E-state index contributed by atoms with van der Waals surface area (Å²) in [7, 11) is -1.44. The van der Waals surface area contributed by atoms with Gasteiger partial charge in [-0.1, -0.05) is 31.9 Å². The van der Waals surface area contributed by atoms with E-state index in [1.165, 1.54) is 12.8 Å². The summed E-state index contributed by atoms with van der Waals surface area (Å²) in [5.41, 5.74) is 3.28. The van der Waals surface area contributed by atoms with Gasteiger partial charge in [0.2, 0.25) is 0 Å². The third kappa shape index (κ3) is 6.51. The zero-order chi connectivity index (χ0) is 12.1. The normalized spacial score (nSPS) is 12.1. The molecule has 0 bridgehead atoms. The number of carbonyl (C=O) groups excluding carboxylic acids is 1. The quantitative estimate of drug-likeness (QED) is 0.552. The fourth-order valence-electron chi connectivity index (χ4n) is 1.67. The lowest BCUT2D eigenvalue weighted by molar-refractivity contribution is 0.0850. The number of methoxy groups -OCH3 is 1. The van der Waals surface area contributed by atoms with Gasteiger partial charge in [0.15, 0.2) is 0 Å². The number of carbonyl (C=O) groups is 1. The molecule has 0 fully saturated rings. The Morgan fingerprint density at radius 2 is 1.87 bits per heavy atom. The van der Waals surface area contributed by atoms with E-state index in [0.29, 0.717) is 6.23 Å². The average Bonchev–Trinajstić information content (AvgIpc) is 2.13. The number of hydrogen-bond acceptors (Lipinski definition) is 3. The maximum absolute atomic E-state index is 10.9. The van der Waals surface area contributed by atoms with Gasteiger partial charge in [-0.25, -0.2) is 4.79 Å². The van der Waals surface area contributed by atoms with Crippen LogP contribution in [0.2, 0.25) is 31.9 Å². The van der Waals surface area contributed by atoms with Crippen molar-refractivity contribution in [2.45, 2.75) is 31.9 Å². The molecule has 0 atom stereocenters. The highest BCUT2D eigenvalue weighted by Gasteiger charge is 2.31. The minimum atomic E-state index is -1.47. The van der Waals surface area contributed by atoms with Gasteiger partial charge in [-0.2, -0.15) is 0 Å². The van der Waals surface area contributed by atoms with E-state index in [4.69, 9.17) is 4.74 Å². The smallest absolute Gasteiger partial charge is 0.438 e. The maximum Gasteiger partial charge on any atom is 0.507 e. The third-order valence-electron chi connectivity index (χ3n) is 2.23. The molecular weight excluding hydrogens is 224 g/mol. The lowest BCUT2D eigenvalue weighted by atomic mass is 11.3. The second-order valence-electron chi connectivity index (χ2n) is 5.28. The fourth-order valence-corrected chi connectivity index (χ4v) is 13.0. The molecule has 0 heterocycles. The van der Waals surface area contributed by atoms with Gasteiger partial charge in [-0.3, -0.25) is 0 Å². The van der Waals surface area contributed by atoms with Crippen molar-refractivity contribution in [3.63, 3.8) is 0 Å². The Labute approximate surface area is 94.5 Å². The van der Waals surface area contributed by atoms with Crippen molar-refractivity contribution in [3.8, 4) is 0 Å². The van der Waals surface area contributed by atoms with Crippen LogP contribution in [0.25, 0.3) is 0 Å². The molecule has 0 aliphatic rings. The summed E-state index contributed by atoms with van der Waals surface area (Å²) in [6.45, 7) is 12.9. The van der Waals surface area contributed by atoms with Crippen LogP contribution in [0, 0.1) is 0 Å². The molecule has 88 valence electrons. The van der Waals surface area contributed by atoms with Crippen LogP contribution in [-0.4, -0.2) is 35.6 Å². The first-order valence-electron chi connectivity index (χ1n) is 5.07. The van der Waals surface area contributed by atoms with Crippen molar-refractivity contribution < 1.29 is 14.3 Å². The van der Waals surface area contributed by atoms with Crippen LogP contribution in [0.1, 0.15) is 0 Å². The summed E-state index contributed by atoms with van der Waals surface area (Å²) in [5, 5.41) is 0. The highest BCUT2D eigenvalue weighted by atomic mass is 28.4. The highest BCUT2D eigenvalue weighted by molar-refractivity contribution is 6.97. The molecule has 15 heavy (non-hydrogen) atoms. The largest absolute Gasteiger partial charge is 0.507 e. The van der Waals surface area contributed by atoms with Crippen LogP contribution in [-0.2, 0) is 9.47 Å². The first-order chi connectivity index (χ1) is 6.72. The standard InChI is InChI=1S/C10H22O3Si2/c1-7-14(3,4)9-15(5,6)8-13-10(11)12-2/h7H,1,8-9H2,2-6H3. The van der Waals surface area contributed by atoms with Crippen LogP contribution in [0.15, 0.2) is 12.3 Å². The Bertz CT molecular complexity index is 237. The molecule has 3 nitrogen and oxygen atoms in total. The molecule has 0 radical (unpaired) electrons. The van der Waals surface area contributed by atoms with Gasteiger partial charge < -0.3 is 9.47 Å². The van der Waals surface area contributed by atoms with E-state index >= 15 is 0 Å². The second kappa shape index (κ2) is 5.51. The van der Waals surface area contributed by atoms with Crippen LogP contribution in [0.5, 0.6) is 0 Å². The molecule has 0 N–H and O–H groups in total. The predicted octanol–water partition coefficient (Wildman–Crippen LogP) is 2.99. The molecule has 0 rings (SSSR count). The minimum Gasteiger partial charge on any atom is -0.438 e. The van der Waals surface area contributed by atoms with Crippen molar-refractivity contribution in [3.05, 3.63) is 12.3 Å². The molecule has 0 aliphatic carbocycles. The molecule has 0 aromatic rings. The van der Waals surface area contributed by atoms with E-state index in [-0.39, 0.29) is 0 Å². The minimum absolute atomic E-state index is 0.532. The Morgan fingerprint density at radius 3 is 2.27 bits per heavy atom. The van der Waals surface area contributed by atoms with Crippen LogP contribution in [0.3, 0.4) is 0 Å². The molecule has 5 heteroatoms. The van der Waals surface area contributed by atoms with E-state index in [2.05, 4.69) is 43.2 Å². The summed E-state index contributed by atoms with van der Waals surface area (Å²) >= 11 is 0. The topological polar surface area (TPSA) is 35.5 Å². The Kier molecular flexibility index (Phi) is 5.30. The molecular formula is C10H22O3Si2. The van der Waals surface area contributed by atoms with Crippen LogP contribution < -0.4 is 0 Å². The van der Waals surface area contributed by atoms with Crippen molar-refractivity contribution in [1.82, 2.24) is 0 Å². The Morgan fingerprint density at radius 1 is 1.33 bits per heavy atom.